The second-order valence-corrected chi connectivity index (χ2v) is 8.92. The van der Waals surface area contributed by atoms with Gasteiger partial charge < -0.3 is 15.0 Å². The number of sulfonamides is 1. The number of carbonyl (C=O) groups excluding carboxylic acids is 1. The SMILES string of the molecule is CC(NS(=O)(=O)c1cccs1)C(=O)Nc1ccc(N2CCOCC2)c(F)c1. The topological polar surface area (TPSA) is 87.7 Å². The van der Waals surface area contributed by atoms with E-state index in [0.717, 1.165) is 11.3 Å². The zero-order valence-corrected chi connectivity index (χ0v) is 16.3. The van der Waals surface area contributed by atoms with Gasteiger partial charge in [-0.2, -0.15) is 4.72 Å². The normalized spacial score (nSPS) is 16.1. The molecule has 27 heavy (non-hydrogen) atoms. The minimum atomic E-state index is -3.77. The highest BCUT2D eigenvalue weighted by Gasteiger charge is 2.23. The van der Waals surface area contributed by atoms with Gasteiger partial charge >= 0.3 is 0 Å². The summed E-state index contributed by atoms with van der Waals surface area (Å²) in [5, 5.41) is 4.17. The highest BCUT2D eigenvalue weighted by Crippen LogP contribution is 2.24. The van der Waals surface area contributed by atoms with Crippen LogP contribution in [0.2, 0.25) is 0 Å². The largest absolute Gasteiger partial charge is 0.378 e. The number of amides is 1. The average Bonchev–Trinajstić information content (AvgIpc) is 3.18. The van der Waals surface area contributed by atoms with Gasteiger partial charge in [0.15, 0.2) is 0 Å². The molecule has 1 amide bonds. The van der Waals surface area contributed by atoms with Crippen molar-refractivity contribution >= 4 is 38.6 Å². The van der Waals surface area contributed by atoms with Crippen LogP contribution in [0.25, 0.3) is 0 Å². The van der Waals surface area contributed by atoms with Gasteiger partial charge in [-0.05, 0) is 36.6 Å². The number of morpholine rings is 1. The minimum absolute atomic E-state index is 0.128. The molecule has 1 atom stereocenters. The first kappa shape index (κ1) is 19.7. The average molecular weight is 413 g/mol. The van der Waals surface area contributed by atoms with E-state index in [9.17, 15) is 17.6 Å². The highest BCUT2D eigenvalue weighted by atomic mass is 32.2. The van der Waals surface area contributed by atoms with Gasteiger partial charge in [0.05, 0.1) is 24.9 Å². The van der Waals surface area contributed by atoms with Crippen molar-refractivity contribution < 1.29 is 22.3 Å². The van der Waals surface area contributed by atoms with Crippen molar-refractivity contribution in [2.24, 2.45) is 0 Å². The molecule has 2 N–H and O–H groups in total. The number of nitrogens with one attached hydrogen (secondary N) is 2. The van der Waals surface area contributed by atoms with Gasteiger partial charge in [-0.15, -0.1) is 11.3 Å². The van der Waals surface area contributed by atoms with E-state index in [1.165, 1.54) is 19.1 Å². The summed E-state index contributed by atoms with van der Waals surface area (Å²) in [6, 6.07) is 6.46. The minimum Gasteiger partial charge on any atom is -0.378 e. The molecule has 0 bridgehead atoms. The van der Waals surface area contributed by atoms with Crippen LogP contribution in [0.15, 0.2) is 39.9 Å². The number of thiophene rings is 1. The van der Waals surface area contributed by atoms with E-state index in [1.807, 2.05) is 4.90 Å². The molecule has 0 saturated carbocycles. The molecule has 1 aromatic carbocycles. The van der Waals surface area contributed by atoms with Crippen LogP contribution >= 0.6 is 11.3 Å². The first-order valence-corrected chi connectivity index (χ1v) is 10.7. The Morgan fingerprint density at radius 3 is 2.67 bits per heavy atom. The molecule has 0 radical (unpaired) electrons. The van der Waals surface area contributed by atoms with Crippen LogP contribution in [0.3, 0.4) is 0 Å². The first-order chi connectivity index (χ1) is 12.9. The lowest BCUT2D eigenvalue weighted by Crippen LogP contribution is -2.41. The number of hydrogen-bond acceptors (Lipinski definition) is 6. The van der Waals surface area contributed by atoms with E-state index in [1.54, 1.807) is 23.6 Å². The fourth-order valence-electron chi connectivity index (χ4n) is 2.66. The van der Waals surface area contributed by atoms with E-state index in [4.69, 9.17) is 4.74 Å². The van der Waals surface area contributed by atoms with Gasteiger partial charge in [0.25, 0.3) is 10.0 Å². The van der Waals surface area contributed by atoms with Crippen LogP contribution in [0.1, 0.15) is 6.92 Å². The molecule has 1 unspecified atom stereocenters. The van der Waals surface area contributed by atoms with Crippen molar-refractivity contribution in [3.05, 3.63) is 41.5 Å². The Kier molecular flexibility index (Phi) is 6.10. The lowest BCUT2D eigenvalue weighted by Gasteiger charge is -2.29. The standard InChI is InChI=1S/C17H20FN3O4S2/c1-12(20-27(23,24)16-3-2-10-26-16)17(22)19-13-4-5-15(14(18)11-13)21-6-8-25-9-7-21/h2-5,10-12,20H,6-9H2,1H3,(H,19,22). The van der Waals surface area contributed by atoms with Gasteiger partial charge in [0.2, 0.25) is 5.91 Å². The van der Waals surface area contributed by atoms with E-state index in [-0.39, 0.29) is 9.90 Å². The number of rotatable bonds is 6. The van der Waals surface area contributed by atoms with Gasteiger partial charge in [0.1, 0.15) is 10.0 Å². The van der Waals surface area contributed by atoms with Gasteiger partial charge in [0, 0.05) is 18.8 Å². The van der Waals surface area contributed by atoms with Gasteiger partial charge in [-0.25, -0.2) is 12.8 Å². The second kappa shape index (κ2) is 8.34. The quantitative estimate of drug-likeness (QED) is 0.757. The summed E-state index contributed by atoms with van der Waals surface area (Å²) >= 11 is 1.06. The lowest BCUT2D eigenvalue weighted by molar-refractivity contribution is -0.117. The van der Waals surface area contributed by atoms with Gasteiger partial charge in [-0.1, -0.05) is 6.07 Å². The maximum atomic E-state index is 14.4. The number of carbonyl (C=O) groups is 1. The Bertz CT molecular complexity index is 897. The molecule has 146 valence electrons. The smallest absolute Gasteiger partial charge is 0.250 e. The molecule has 1 saturated heterocycles. The van der Waals surface area contributed by atoms with Crippen LogP contribution in [0.4, 0.5) is 15.8 Å². The molecule has 1 fully saturated rings. The third kappa shape index (κ3) is 4.83. The van der Waals surface area contributed by atoms with Crippen LogP contribution in [-0.4, -0.2) is 46.7 Å². The zero-order valence-electron chi connectivity index (χ0n) is 14.6. The van der Waals surface area contributed by atoms with Crippen LogP contribution < -0.4 is 14.9 Å². The van der Waals surface area contributed by atoms with Gasteiger partial charge in [-0.3, -0.25) is 4.79 Å². The predicted octanol–water partition coefficient (Wildman–Crippen LogP) is 2.03. The Labute approximate surface area is 161 Å². The highest BCUT2D eigenvalue weighted by molar-refractivity contribution is 7.91. The molecule has 1 aliphatic heterocycles. The maximum Gasteiger partial charge on any atom is 0.250 e. The van der Waals surface area contributed by atoms with Crippen molar-refractivity contribution in [3.63, 3.8) is 0 Å². The van der Waals surface area contributed by atoms with Crippen molar-refractivity contribution in [3.8, 4) is 0 Å². The summed E-state index contributed by atoms with van der Waals surface area (Å²) in [6.45, 7) is 3.72. The summed E-state index contributed by atoms with van der Waals surface area (Å²) < 4.78 is 46.4. The Morgan fingerprint density at radius 1 is 1.30 bits per heavy atom. The summed E-state index contributed by atoms with van der Waals surface area (Å²) in [5.41, 5.74) is 0.708. The van der Waals surface area contributed by atoms with Crippen LogP contribution in [-0.2, 0) is 19.6 Å². The molecule has 3 rings (SSSR count). The van der Waals surface area contributed by atoms with Crippen molar-refractivity contribution in [1.29, 1.82) is 0 Å². The first-order valence-electron chi connectivity index (χ1n) is 8.36. The lowest BCUT2D eigenvalue weighted by atomic mass is 10.2. The summed E-state index contributed by atoms with van der Waals surface area (Å²) in [7, 11) is -3.77. The third-order valence-corrected chi connectivity index (χ3v) is 6.99. The number of anilines is 2. The molecular weight excluding hydrogens is 393 g/mol. The van der Waals surface area contributed by atoms with E-state index in [2.05, 4.69) is 10.0 Å². The molecule has 2 heterocycles. The zero-order chi connectivity index (χ0) is 19.4. The van der Waals surface area contributed by atoms with Crippen molar-refractivity contribution in [2.45, 2.75) is 17.2 Å². The van der Waals surface area contributed by atoms with Crippen molar-refractivity contribution in [1.82, 2.24) is 4.72 Å². The molecule has 10 heteroatoms. The summed E-state index contributed by atoms with van der Waals surface area (Å²) in [6.07, 6.45) is 0. The molecule has 0 aliphatic carbocycles. The molecule has 7 nitrogen and oxygen atoms in total. The third-order valence-electron chi connectivity index (χ3n) is 4.05. The molecule has 1 aromatic heterocycles. The second-order valence-electron chi connectivity index (χ2n) is 6.03. The fraction of sp³-hybridized carbons (Fsp3) is 0.353. The van der Waals surface area contributed by atoms with Crippen LogP contribution in [0.5, 0.6) is 0 Å². The van der Waals surface area contributed by atoms with E-state index < -0.39 is 27.8 Å². The number of ether oxygens (including phenoxy) is 1. The number of halogens is 1. The number of hydrogen-bond donors (Lipinski definition) is 2. The maximum absolute atomic E-state index is 14.4. The predicted molar refractivity (Wildman–Crippen MR) is 102 cm³/mol. The summed E-state index contributed by atoms with van der Waals surface area (Å²) in [5.74, 6) is -1.03. The molecule has 2 aromatic rings. The molecule has 0 spiro atoms. The Hall–Kier alpha value is -2.01. The number of benzene rings is 1. The van der Waals surface area contributed by atoms with E-state index in [0.29, 0.717) is 32.0 Å². The Balaban J connectivity index is 1.64. The van der Waals surface area contributed by atoms with Crippen molar-refractivity contribution in [2.75, 3.05) is 36.5 Å². The van der Waals surface area contributed by atoms with Crippen LogP contribution in [0, 0.1) is 5.82 Å². The fourth-order valence-corrected chi connectivity index (χ4v) is 4.87. The molecule has 1 aliphatic rings. The Morgan fingerprint density at radius 2 is 2.04 bits per heavy atom. The monoisotopic (exact) mass is 413 g/mol. The molecular formula is C17H20FN3O4S2. The summed E-state index contributed by atoms with van der Waals surface area (Å²) in [4.78, 5) is 14.2. The van der Waals surface area contributed by atoms with E-state index >= 15 is 0 Å². The number of nitrogens with zero attached hydrogens (tertiary/aromatic N) is 1.